The molecule has 0 atom stereocenters. The van der Waals surface area contributed by atoms with Gasteiger partial charge in [-0.2, -0.15) is 0 Å². The molecule has 0 radical (unpaired) electrons. The fraction of sp³-hybridized carbons (Fsp3) is 0.381. The summed E-state index contributed by atoms with van der Waals surface area (Å²) in [4.78, 5) is 4.91. The quantitative estimate of drug-likeness (QED) is 0.792. The Labute approximate surface area is 142 Å². The lowest BCUT2D eigenvalue weighted by molar-refractivity contribution is 0.278. The van der Waals surface area contributed by atoms with Gasteiger partial charge in [-0.25, -0.2) is 4.39 Å². The number of para-hydroxylation sites is 1. The maximum atomic E-state index is 13.4. The zero-order valence-corrected chi connectivity index (χ0v) is 13.9. The van der Waals surface area contributed by atoms with E-state index in [1.807, 2.05) is 6.07 Å². The molecule has 124 valence electrons. The lowest BCUT2D eigenvalue weighted by atomic mass is 9.67. The molecule has 1 spiro atoms. The van der Waals surface area contributed by atoms with Crippen LogP contribution < -0.4 is 5.32 Å². The van der Waals surface area contributed by atoms with E-state index in [1.54, 1.807) is 12.1 Å². The smallest absolute Gasteiger partial charge is 0.123 e. The van der Waals surface area contributed by atoms with Gasteiger partial charge in [0.25, 0.3) is 0 Å². The largest absolute Gasteiger partial charge is 0.343 e. The molecule has 0 bridgehead atoms. The van der Waals surface area contributed by atoms with Crippen LogP contribution in [0, 0.1) is 11.2 Å². The summed E-state index contributed by atoms with van der Waals surface area (Å²) in [6.45, 7) is 0.532. The Morgan fingerprint density at radius 3 is 2.67 bits per heavy atom. The highest BCUT2D eigenvalue weighted by molar-refractivity contribution is 6.02. The molecule has 0 saturated heterocycles. The van der Waals surface area contributed by atoms with E-state index in [-0.39, 0.29) is 11.2 Å². The van der Waals surface area contributed by atoms with Crippen molar-refractivity contribution >= 4 is 11.5 Å². The molecule has 0 amide bonds. The number of rotatable bonds is 2. The van der Waals surface area contributed by atoms with Gasteiger partial charge in [0.1, 0.15) is 11.7 Å². The molecule has 2 aromatic rings. The van der Waals surface area contributed by atoms with Gasteiger partial charge in [-0.05, 0) is 48.6 Å². The van der Waals surface area contributed by atoms with Crippen molar-refractivity contribution in [2.24, 2.45) is 10.4 Å². The first-order chi connectivity index (χ1) is 11.8. The van der Waals surface area contributed by atoms with Crippen LogP contribution in [0.4, 0.5) is 10.1 Å². The summed E-state index contributed by atoms with van der Waals surface area (Å²) < 4.78 is 13.4. The molecule has 0 unspecified atom stereocenters. The second kappa shape index (κ2) is 6.39. The standard InChI is InChI=1S/C21H23FN2/c22-18-9-6-7-16(13-18)15-23-20-21(11-4-1-5-12-21)14-17-8-2-3-10-19(17)24-20/h2-3,6-10,13H,1,4-5,11-12,14-15H2,(H,23,24). The molecule has 3 heteroatoms. The van der Waals surface area contributed by atoms with Gasteiger partial charge in [0.15, 0.2) is 0 Å². The van der Waals surface area contributed by atoms with Gasteiger partial charge >= 0.3 is 0 Å². The molecule has 2 aromatic carbocycles. The third-order valence-electron chi connectivity index (χ3n) is 5.42. The normalized spacial score (nSPS) is 20.6. The Kier molecular flexibility index (Phi) is 4.09. The number of aliphatic imine (C=N–C) groups is 1. The lowest BCUT2D eigenvalue weighted by Gasteiger charge is -2.42. The van der Waals surface area contributed by atoms with Crippen molar-refractivity contribution in [1.82, 2.24) is 0 Å². The number of hydrogen-bond acceptors (Lipinski definition) is 1. The number of nitrogens with one attached hydrogen (secondary N) is 1. The van der Waals surface area contributed by atoms with Gasteiger partial charge in [-0.3, -0.25) is 4.99 Å². The van der Waals surface area contributed by atoms with Gasteiger partial charge in [0.2, 0.25) is 0 Å². The van der Waals surface area contributed by atoms with Gasteiger partial charge < -0.3 is 5.32 Å². The van der Waals surface area contributed by atoms with E-state index in [0.717, 1.165) is 17.8 Å². The van der Waals surface area contributed by atoms with Crippen LogP contribution in [0.25, 0.3) is 0 Å². The molecule has 1 saturated carbocycles. The van der Waals surface area contributed by atoms with Gasteiger partial charge in [0, 0.05) is 11.1 Å². The highest BCUT2D eigenvalue weighted by Gasteiger charge is 2.40. The highest BCUT2D eigenvalue weighted by Crippen LogP contribution is 2.45. The van der Waals surface area contributed by atoms with Gasteiger partial charge in [-0.1, -0.05) is 49.6 Å². The predicted molar refractivity (Wildman–Crippen MR) is 96.8 cm³/mol. The number of amidine groups is 1. The molecule has 0 aromatic heterocycles. The van der Waals surface area contributed by atoms with Crippen LogP contribution in [0.5, 0.6) is 0 Å². The first-order valence-corrected chi connectivity index (χ1v) is 8.90. The summed E-state index contributed by atoms with van der Waals surface area (Å²) in [5.74, 6) is 0.909. The third-order valence-corrected chi connectivity index (χ3v) is 5.42. The molecule has 1 fully saturated rings. The Balaban J connectivity index is 1.66. The summed E-state index contributed by atoms with van der Waals surface area (Å²) in [6, 6.07) is 15.3. The number of anilines is 1. The summed E-state index contributed by atoms with van der Waals surface area (Å²) in [5, 5.41) is 3.60. The second-order valence-corrected chi connectivity index (χ2v) is 7.09. The molecule has 1 aliphatic carbocycles. The lowest BCUT2D eigenvalue weighted by Crippen LogP contribution is -2.43. The van der Waals surface area contributed by atoms with Crippen molar-refractivity contribution in [3.05, 3.63) is 65.5 Å². The van der Waals surface area contributed by atoms with E-state index >= 15 is 0 Å². The SMILES string of the molecule is Fc1cccc(CN=C2Nc3ccccc3CC23CCCCC3)c1. The summed E-state index contributed by atoms with van der Waals surface area (Å²) in [5.41, 5.74) is 3.63. The van der Waals surface area contributed by atoms with E-state index in [1.165, 1.54) is 49.4 Å². The third kappa shape index (κ3) is 2.95. The van der Waals surface area contributed by atoms with Crippen molar-refractivity contribution in [3.63, 3.8) is 0 Å². The molecule has 1 aliphatic heterocycles. The number of hydrogen-bond donors (Lipinski definition) is 1. The van der Waals surface area contributed by atoms with Crippen LogP contribution in [-0.4, -0.2) is 5.84 Å². The zero-order valence-electron chi connectivity index (χ0n) is 13.9. The molecular weight excluding hydrogens is 299 g/mol. The number of nitrogens with zero attached hydrogens (tertiary/aromatic N) is 1. The molecule has 2 nitrogen and oxygen atoms in total. The van der Waals surface area contributed by atoms with Gasteiger partial charge in [-0.15, -0.1) is 0 Å². The number of halogens is 1. The van der Waals surface area contributed by atoms with Crippen LogP contribution in [0.15, 0.2) is 53.5 Å². The minimum absolute atomic E-state index is 0.139. The molecule has 4 rings (SSSR count). The molecule has 24 heavy (non-hydrogen) atoms. The number of benzene rings is 2. The van der Waals surface area contributed by atoms with Crippen molar-refractivity contribution in [3.8, 4) is 0 Å². The van der Waals surface area contributed by atoms with Crippen LogP contribution in [0.1, 0.15) is 43.2 Å². The predicted octanol–water partition coefficient (Wildman–Crippen LogP) is 5.34. The van der Waals surface area contributed by atoms with E-state index in [9.17, 15) is 4.39 Å². The van der Waals surface area contributed by atoms with Crippen LogP contribution >= 0.6 is 0 Å². The van der Waals surface area contributed by atoms with Crippen molar-refractivity contribution in [1.29, 1.82) is 0 Å². The van der Waals surface area contributed by atoms with E-state index in [2.05, 4.69) is 29.6 Å². The summed E-state index contributed by atoms with van der Waals surface area (Å²) in [6.07, 6.45) is 7.30. The summed E-state index contributed by atoms with van der Waals surface area (Å²) in [7, 11) is 0. The van der Waals surface area contributed by atoms with Crippen LogP contribution in [-0.2, 0) is 13.0 Å². The molecule has 2 aliphatic rings. The Morgan fingerprint density at radius 2 is 1.83 bits per heavy atom. The first kappa shape index (κ1) is 15.4. The summed E-state index contributed by atoms with van der Waals surface area (Å²) >= 11 is 0. The molecule has 1 N–H and O–H groups in total. The minimum Gasteiger partial charge on any atom is -0.343 e. The number of fused-ring (bicyclic) bond motifs is 1. The average Bonchev–Trinajstić information content (AvgIpc) is 2.61. The molecular formula is C21H23FN2. The van der Waals surface area contributed by atoms with Crippen LogP contribution in [0.2, 0.25) is 0 Å². The van der Waals surface area contributed by atoms with Crippen molar-refractivity contribution < 1.29 is 4.39 Å². The van der Waals surface area contributed by atoms with E-state index < -0.39 is 0 Å². The monoisotopic (exact) mass is 322 g/mol. The van der Waals surface area contributed by atoms with Crippen LogP contribution in [0.3, 0.4) is 0 Å². The highest BCUT2D eigenvalue weighted by atomic mass is 19.1. The van der Waals surface area contributed by atoms with Crippen molar-refractivity contribution in [2.75, 3.05) is 5.32 Å². The zero-order chi connectivity index (χ0) is 16.4. The minimum atomic E-state index is -0.193. The second-order valence-electron chi connectivity index (χ2n) is 7.09. The van der Waals surface area contributed by atoms with E-state index in [0.29, 0.717) is 6.54 Å². The fourth-order valence-corrected chi connectivity index (χ4v) is 4.16. The maximum Gasteiger partial charge on any atom is 0.123 e. The Bertz CT molecular complexity index is 760. The van der Waals surface area contributed by atoms with Crippen molar-refractivity contribution in [2.45, 2.75) is 45.1 Å². The van der Waals surface area contributed by atoms with E-state index in [4.69, 9.17) is 4.99 Å². The topological polar surface area (TPSA) is 24.4 Å². The maximum absolute atomic E-state index is 13.4. The Hall–Kier alpha value is -2.16. The average molecular weight is 322 g/mol. The fourth-order valence-electron chi connectivity index (χ4n) is 4.16. The molecule has 1 heterocycles. The first-order valence-electron chi connectivity index (χ1n) is 8.90. The van der Waals surface area contributed by atoms with Gasteiger partial charge in [0.05, 0.1) is 6.54 Å². The Morgan fingerprint density at radius 1 is 1.00 bits per heavy atom.